The first kappa shape index (κ1) is 49.7. The van der Waals surface area contributed by atoms with Gasteiger partial charge in [0.05, 0.1) is 12.0 Å². The summed E-state index contributed by atoms with van der Waals surface area (Å²) in [5.41, 5.74) is -0.115. The van der Waals surface area contributed by atoms with E-state index < -0.39 is 58.7 Å². The Bertz CT molecular complexity index is 1790. The van der Waals surface area contributed by atoms with Crippen LogP contribution in [0.15, 0.2) is 72.8 Å². The van der Waals surface area contributed by atoms with Gasteiger partial charge in [-0.15, -0.1) is 0 Å². The maximum absolute atomic E-state index is 14.6. The van der Waals surface area contributed by atoms with Crippen LogP contribution in [0.2, 0.25) is 0 Å². The molecule has 2 aromatic carbocycles. The molecule has 4 rings (SSSR count). The Morgan fingerprint density at radius 3 is 2.05 bits per heavy atom. The van der Waals surface area contributed by atoms with E-state index in [-0.39, 0.29) is 43.5 Å². The molecule has 62 heavy (non-hydrogen) atoms. The average molecular weight is 861 g/mol. The lowest BCUT2D eigenvalue weighted by molar-refractivity contribution is -0.246. The number of benzene rings is 2. The zero-order valence-corrected chi connectivity index (χ0v) is 38.4. The van der Waals surface area contributed by atoms with E-state index in [4.69, 9.17) is 9.47 Å². The SMILES string of the molecule is CC(C)C[C@@H](/C=C/[C@H](Cc1ccccc1)C(=O)N1CCC[C@H]1NC(=O)[C@@H](CCCNC(=O)OCc1ccccc1)C(=O)NC1CC(C)(C)N(O)C(C)(C)C1)NC(=O)OC(C)(C)C. The second kappa shape index (κ2) is 22.4. The van der Waals surface area contributed by atoms with Crippen molar-refractivity contribution >= 4 is 29.9 Å². The standard InChI is InChI=1S/C48H72N6O8/c1-33(2)28-37(51-45(59)62-46(3,4)5)25-24-36(29-34-18-12-10-13-19-34)43(57)53-27-17-23-40(53)52-42(56)39(22-16-26-49-44(58)61-32-35-20-14-11-15-21-35)41(55)50-38-30-47(6,7)54(60)48(8,9)31-38/h10-15,18-21,24-25,33,36-40,60H,16-17,22-23,26-32H2,1-9H3,(H,49,58)(H,50,55)(H,51,59)(H,52,56)/b25-24+/t36-,37-,39+,40+/m1/s1. The molecule has 0 saturated carbocycles. The Morgan fingerprint density at radius 1 is 0.855 bits per heavy atom. The van der Waals surface area contributed by atoms with Gasteiger partial charge in [-0.25, -0.2) is 9.59 Å². The van der Waals surface area contributed by atoms with Gasteiger partial charge >= 0.3 is 12.2 Å². The van der Waals surface area contributed by atoms with Crippen molar-refractivity contribution in [2.24, 2.45) is 17.8 Å². The molecule has 5 amide bonds. The number of ether oxygens (including phenoxy) is 2. The predicted octanol–water partition coefficient (Wildman–Crippen LogP) is 7.26. The molecular formula is C48H72N6O8. The molecule has 0 aliphatic carbocycles. The second-order valence-corrected chi connectivity index (χ2v) is 19.5. The van der Waals surface area contributed by atoms with Crippen LogP contribution in [0.4, 0.5) is 9.59 Å². The molecule has 2 heterocycles. The van der Waals surface area contributed by atoms with E-state index in [1.165, 1.54) is 5.06 Å². The maximum Gasteiger partial charge on any atom is 0.408 e. The summed E-state index contributed by atoms with van der Waals surface area (Å²) >= 11 is 0. The molecule has 2 saturated heterocycles. The zero-order chi connectivity index (χ0) is 45.7. The van der Waals surface area contributed by atoms with Crippen molar-refractivity contribution in [3.8, 4) is 0 Å². The Labute approximate surface area is 368 Å². The van der Waals surface area contributed by atoms with Crippen LogP contribution in [0.25, 0.3) is 0 Å². The highest BCUT2D eigenvalue weighted by molar-refractivity contribution is 6.00. The lowest BCUT2D eigenvalue weighted by atomic mass is 9.78. The van der Waals surface area contributed by atoms with E-state index >= 15 is 0 Å². The quantitative estimate of drug-likeness (QED) is 0.0587. The first-order valence-corrected chi connectivity index (χ1v) is 22.2. The number of amides is 5. The van der Waals surface area contributed by atoms with Crippen LogP contribution in [0.5, 0.6) is 0 Å². The fourth-order valence-electron chi connectivity index (χ4n) is 8.51. The second-order valence-electron chi connectivity index (χ2n) is 19.5. The topological polar surface area (TPSA) is 179 Å². The van der Waals surface area contributed by atoms with Gasteiger partial charge in [0, 0.05) is 30.2 Å². The molecule has 0 unspecified atom stereocenters. The summed E-state index contributed by atoms with van der Waals surface area (Å²) in [4.78, 5) is 70.0. The molecule has 0 bridgehead atoms. The third kappa shape index (κ3) is 15.7. The Balaban J connectivity index is 1.51. The molecular weight excluding hydrogens is 789 g/mol. The van der Waals surface area contributed by atoms with Crippen molar-refractivity contribution in [3.63, 3.8) is 0 Å². The molecule has 0 aromatic heterocycles. The summed E-state index contributed by atoms with van der Waals surface area (Å²) in [6.45, 7) is 17.9. The molecule has 2 fully saturated rings. The van der Waals surface area contributed by atoms with E-state index in [0.29, 0.717) is 51.5 Å². The first-order chi connectivity index (χ1) is 29.1. The monoisotopic (exact) mass is 861 g/mol. The predicted molar refractivity (Wildman–Crippen MR) is 239 cm³/mol. The summed E-state index contributed by atoms with van der Waals surface area (Å²) in [5, 5.41) is 24.1. The van der Waals surface area contributed by atoms with Crippen molar-refractivity contribution < 1.29 is 38.7 Å². The minimum atomic E-state index is -1.12. The number of rotatable bonds is 18. The highest BCUT2D eigenvalue weighted by Crippen LogP contribution is 2.37. The van der Waals surface area contributed by atoms with Crippen molar-refractivity contribution in [3.05, 3.63) is 83.9 Å². The number of hydrogen-bond acceptors (Lipinski definition) is 9. The number of nitrogens with zero attached hydrogens (tertiary/aromatic N) is 2. The fourth-order valence-corrected chi connectivity index (χ4v) is 8.51. The van der Waals surface area contributed by atoms with Gasteiger partial charge in [-0.05, 0) is 117 Å². The van der Waals surface area contributed by atoms with E-state index in [1.54, 1.807) is 25.7 Å². The third-order valence-electron chi connectivity index (χ3n) is 11.2. The zero-order valence-electron chi connectivity index (χ0n) is 38.4. The normalized spacial score (nSPS) is 19.3. The average Bonchev–Trinajstić information content (AvgIpc) is 3.64. The molecule has 2 aliphatic heterocycles. The lowest BCUT2D eigenvalue weighted by Crippen LogP contribution is -2.63. The third-order valence-corrected chi connectivity index (χ3v) is 11.2. The Morgan fingerprint density at radius 2 is 1.45 bits per heavy atom. The summed E-state index contributed by atoms with van der Waals surface area (Å²) in [7, 11) is 0. The maximum atomic E-state index is 14.6. The van der Waals surface area contributed by atoms with Gasteiger partial charge in [0.25, 0.3) is 0 Å². The number of hydroxylamine groups is 2. The van der Waals surface area contributed by atoms with Crippen LogP contribution in [-0.4, -0.2) is 93.1 Å². The highest BCUT2D eigenvalue weighted by Gasteiger charge is 2.46. The van der Waals surface area contributed by atoms with Crippen LogP contribution < -0.4 is 21.3 Å². The van der Waals surface area contributed by atoms with Crippen LogP contribution in [0.1, 0.15) is 118 Å². The summed E-state index contributed by atoms with van der Waals surface area (Å²) < 4.78 is 10.9. The van der Waals surface area contributed by atoms with E-state index in [9.17, 15) is 29.2 Å². The van der Waals surface area contributed by atoms with Gasteiger partial charge in [-0.3, -0.25) is 14.4 Å². The van der Waals surface area contributed by atoms with E-state index in [2.05, 4.69) is 35.1 Å². The molecule has 4 atom stereocenters. The van der Waals surface area contributed by atoms with Gasteiger partial charge in [0.15, 0.2) is 0 Å². The number of alkyl carbamates (subject to hydrolysis) is 2. The van der Waals surface area contributed by atoms with Crippen molar-refractivity contribution in [1.29, 1.82) is 0 Å². The molecule has 0 radical (unpaired) electrons. The number of carbonyl (C=O) groups is 5. The van der Waals surface area contributed by atoms with Crippen LogP contribution in [0, 0.1) is 17.8 Å². The molecule has 5 N–H and O–H groups in total. The van der Waals surface area contributed by atoms with Crippen molar-refractivity contribution in [2.75, 3.05) is 13.1 Å². The number of piperidine rings is 1. The molecule has 342 valence electrons. The molecule has 14 nitrogen and oxygen atoms in total. The number of carbonyl (C=O) groups excluding carboxylic acids is 5. The van der Waals surface area contributed by atoms with Crippen molar-refractivity contribution in [2.45, 2.75) is 155 Å². The minimum absolute atomic E-state index is 0.111. The van der Waals surface area contributed by atoms with E-state index in [0.717, 1.165) is 11.1 Å². The van der Waals surface area contributed by atoms with Gasteiger partial charge < -0.3 is 40.8 Å². The lowest BCUT2D eigenvalue weighted by Gasteiger charge is -2.51. The molecule has 14 heteroatoms. The summed E-state index contributed by atoms with van der Waals surface area (Å²) in [6, 6.07) is 18.3. The molecule has 0 spiro atoms. The smallest absolute Gasteiger partial charge is 0.408 e. The first-order valence-electron chi connectivity index (χ1n) is 22.2. The molecule has 2 aromatic rings. The Kier molecular flexibility index (Phi) is 18.0. The molecule has 2 aliphatic rings. The number of hydrogen-bond donors (Lipinski definition) is 5. The number of nitrogens with one attached hydrogen (secondary N) is 4. The van der Waals surface area contributed by atoms with Gasteiger partial charge in [-0.1, -0.05) is 86.7 Å². The van der Waals surface area contributed by atoms with Crippen LogP contribution >= 0.6 is 0 Å². The summed E-state index contributed by atoms with van der Waals surface area (Å²) in [5.74, 6) is -2.62. The van der Waals surface area contributed by atoms with Gasteiger partial charge in [0.2, 0.25) is 17.7 Å². The van der Waals surface area contributed by atoms with E-state index in [1.807, 2.05) is 101 Å². The van der Waals surface area contributed by atoms with Crippen molar-refractivity contribution in [1.82, 2.24) is 31.2 Å². The largest absolute Gasteiger partial charge is 0.445 e. The van der Waals surface area contributed by atoms with Gasteiger partial charge in [-0.2, -0.15) is 5.06 Å². The highest BCUT2D eigenvalue weighted by atomic mass is 16.6. The fraction of sp³-hybridized carbons (Fsp3) is 0.604. The minimum Gasteiger partial charge on any atom is -0.445 e. The van der Waals surface area contributed by atoms with Crippen LogP contribution in [0.3, 0.4) is 0 Å². The number of likely N-dealkylation sites (tertiary alicyclic amines) is 1. The Hall–Kier alpha value is -4.95. The van der Waals surface area contributed by atoms with Gasteiger partial charge in [0.1, 0.15) is 24.3 Å². The van der Waals surface area contributed by atoms with Crippen LogP contribution in [-0.2, 0) is 36.9 Å². The summed E-state index contributed by atoms with van der Waals surface area (Å²) in [6.07, 6.45) is 5.51.